The van der Waals surface area contributed by atoms with Gasteiger partial charge in [0.05, 0.1) is 7.11 Å². The Hall–Kier alpha value is -3.43. The second-order valence-electron chi connectivity index (χ2n) is 7.64. The molecule has 172 valence electrons. The first kappa shape index (κ1) is 22.8. The minimum absolute atomic E-state index is 0.0628. The van der Waals surface area contributed by atoms with Gasteiger partial charge < -0.3 is 14.8 Å². The van der Waals surface area contributed by atoms with Crippen LogP contribution in [0.3, 0.4) is 0 Å². The van der Waals surface area contributed by atoms with E-state index in [2.05, 4.69) is 10.0 Å². The van der Waals surface area contributed by atoms with Crippen LogP contribution in [-0.4, -0.2) is 27.5 Å². The molecule has 1 aliphatic rings. The first-order chi connectivity index (χ1) is 15.8. The first-order valence-corrected chi connectivity index (χ1v) is 11.8. The second kappa shape index (κ2) is 9.60. The predicted octanol–water partition coefficient (Wildman–Crippen LogP) is 4.00. The maximum atomic E-state index is 13.0. The summed E-state index contributed by atoms with van der Waals surface area (Å²) in [6.45, 7) is 0.240. The van der Waals surface area contributed by atoms with E-state index in [1.54, 1.807) is 24.3 Å². The molecule has 0 aliphatic heterocycles. The lowest BCUT2D eigenvalue weighted by molar-refractivity contribution is 0.0950. The van der Waals surface area contributed by atoms with Crippen molar-refractivity contribution in [3.63, 3.8) is 0 Å². The lowest BCUT2D eigenvalue weighted by Crippen LogP contribution is -2.27. The number of carbonyl (C=O) groups excluding carboxylic acids is 1. The highest BCUT2D eigenvalue weighted by atomic mass is 32.2. The summed E-state index contributed by atoms with van der Waals surface area (Å²) in [6, 6.07) is 17.0. The molecule has 0 heterocycles. The summed E-state index contributed by atoms with van der Waals surface area (Å²) >= 11 is 0. The molecule has 33 heavy (non-hydrogen) atoms. The Kier molecular flexibility index (Phi) is 6.62. The van der Waals surface area contributed by atoms with Crippen LogP contribution in [0, 0.1) is 5.82 Å². The highest BCUT2D eigenvalue weighted by Crippen LogP contribution is 2.28. The minimum Gasteiger partial charge on any atom is -0.495 e. The van der Waals surface area contributed by atoms with Crippen molar-refractivity contribution in [2.24, 2.45) is 0 Å². The van der Waals surface area contributed by atoms with Crippen LogP contribution in [0.5, 0.6) is 17.2 Å². The number of sulfonamides is 1. The van der Waals surface area contributed by atoms with E-state index in [4.69, 9.17) is 9.47 Å². The Bertz CT molecular complexity index is 1240. The summed E-state index contributed by atoms with van der Waals surface area (Å²) in [5, 5.41) is 2.78. The van der Waals surface area contributed by atoms with Crippen LogP contribution in [0.25, 0.3) is 0 Å². The number of methoxy groups -OCH3 is 1. The molecule has 0 spiro atoms. The Balaban J connectivity index is 1.40. The number of benzene rings is 3. The van der Waals surface area contributed by atoms with Crippen LogP contribution in [-0.2, 0) is 16.6 Å². The number of nitrogens with one attached hydrogen (secondary N) is 2. The van der Waals surface area contributed by atoms with Gasteiger partial charge in [0.25, 0.3) is 5.91 Å². The maximum Gasteiger partial charge on any atom is 0.251 e. The summed E-state index contributed by atoms with van der Waals surface area (Å²) in [4.78, 5) is 12.6. The van der Waals surface area contributed by atoms with E-state index in [1.165, 1.54) is 49.6 Å². The van der Waals surface area contributed by atoms with Crippen molar-refractivity contribution >= 4 is 15.9 Å². The lowest BCUT2D eigenvalue weighted by atomic mass is 10.2. The molecule has 2 N–H and O–H groups in total. The predicted molar refractivity (Wildman–Crippen MR) is 120 cm³/mol. The fourth-order valence-corrected chi connectivity index (χ4v) is 4.61. The molecule has 1 fully saturated rings. The molecule has 0 bridgehead atoms. The molecule has 0 aromatic heterocycles. The van der Waals surface area contributed by atoms with Crippen LogP contribution < -0.4 is 19.5 Å². The third-order valence-corrected chi connectivity index (χ3v) is 6.58. The van der Waals surface area contributed by atoms with Crippen molar-refractivity contribution in [3.05, 3.63) is 83.7 Å². The van der Waals surface area contributed by atoms with Gasteiger partial charge in [-0.3, -0.25) is 4.79 Å². The molecule has 7 nitrogen and oxygen atoms in total. The zero-order chi connectivity index (χ0) is 23.4. The molecule has 3 aromatic carbocycles. The van der Waals surface area contributed by atoms with E-state index >= 15 is 0 Å². The van der Waals surface area contributed by atoms with Crippen LogP contribution in [0.1, 0.15) is 28.8 Å². The number of ether oxygens (including phenoxy) is 2. The van der Waals surface area contributed by atoms with Crippen molar-refractivity contribution < 1.29 is 27.1 Å². The molecule has 1 saturated carbocycles. The highest BCUT2D eigenvalue weighted by Gasteiger charge is 2.30. The van der Waals surface area contributed by atoms with Crippen molar-refractivity contribution in [2.45, 2.75) is 30.3 Å². The van der Waals surface area contributed by atoms with Crippen molar-refractivity contribution in [1.29, 1.82) is 0 Å². The van der Waals surface area contributed by atoms with Gasteiger partial charge in [0.1, 0.15) is 28.0 Å². The van der Waals surface area contributed by atoms with Gasteiger partial charge in [0.2, 0.25) is 10.0 Å². The molecule has 0 atom stereocenters. The third kappa shape index (κ3) is 5.88. The molecule has 3 aromatic rings. The average Bonchev–Trinajstić information content (AvgIpc) is 3.63. The van der Waals surface area contributed by atoms with Crippen LogP contribution in [0.4, 0.5) is 4.39 Å². The zero-order valence-electron chi connectivity index (χ0n) is 17.9. The molecular formula is C24H23FN2O5S. The zero-order valence-corrected chi connectivity index (χ0v) is 18.7. The topological polar surface area (TPSA) is 93.7 Å². The molecule has 1 aliphatic carbocycles. The van der Waals surface area contributed by atoms with E-state index in [0.717, 1.165) is 18.4 Å². The third-order valence-electron chi connectivity index (χ3n) is 5.04. The van der Waals surface area contributed by atoms with Crippen molar-refractivity contribution in [2.75, 3.05) is 7.11 Å². The molecule has 4 rings (SSSR count). The van der Waals surface area contributed by atoms with Gasteiger partial charge in [-0.2, -0.15) is 0 Å². The van der Waals surface area contributed by atoms with Gasteiger partial charge >= 0.3 is 0 Å². The van der Waals surface area contributed by atoms with Crippen LogP contribution >= 0.6 is 0 Å². The summed E-state index contributed by atoms with van der Waals surface area (Å²) in [7, 11) is -2.40. The molecular weight excluding hydrogens is 447 g/mol. The first-order valence-electron chi connectivity index (χ1n) is 10.3. The fourth-order valence-electron chi connectivity index (χ4n) is 3.11. The summed E-state index contributed by atoms with van der Waals surface area (Å²) in [5.41, 5.74) is 1.04. The largest absolute Gasteiger partial charge is 0.495 e. The molecule has 1 amide bonds. The van der Waals surface area contributed by atoms with Gasteiger partial charge in [-0.25, -0.2) is 17.5 Å². The molecule has 9 heteroatoms. The number of hydrogen-bond acceptors (Lipinski definition) is 5. The smallest absolute Gasteiger partial charge is 0.251 e. The van der Waals surface area contributed by atoms with Crippen LogP contribution in [0.2, 0.25) is 0 Å². The van der Waals surface area contributed by atoms with Crippen molar-refractivity contribution in [1.82, 2.24) is 10.0 Å². The number of amides is 1. The molecule has 0 unspecified atom stereocenters. The van der Waals surface area contributed by atoms with Gasteiger partial charge in [-0.05, 0) is 73.0 Å². The maximum absolute atomic E-state index is 13.0. The minimum atomic E-state index is -3.79. The number of rotatable bonds is 9. The van der Waals surface area contributed by atoms with Gasteiger partial charge in [-0.1, -0.05) is 12.1 Å². The Labute approximate surface area is 191 Å². The van der Waals surface area contributed by atoms with E-state index < -0.39 is 15.9 Å². The second-order valence-corrected chi connectivity index (χ2v) is 9.33. The average molecular weight is 471 g/mol. The van der Waals surface area contributed by atoms with Crippen molar-refractivity contribution in [3.8, 4) is 17.2 Å². The molecule has 0 saturated heterocycles. The van der Waals surface area contributed by atoms with Crippen LogP contribution in [0.15, 0.2) is 71.6 Å². The van der Waals surface area contributed by atoms with E-state index in [0.29, 0.717) is 11.5 Å². The summed E-state index contributed by atoms with van der Waals surface area (Å²) in [5.74, 6) is 0.515. The standard InChI is InChI=1S/C24H23FN2O5S/c1-31-22-13-4-17(14-23(22)33(29,30)27-19-7-8-19)24(28)26-15-16-2-9-20(10-3-16)32-21-11-5-18(25)6-12-21/h2-6,9-14,19,27H,7-8,15H2,1H3,(H,26,28). The Morgan fingerprint density at radius 2 is 1.64 bits per heavy atom. The Morgan fingerprint density at radius 3 is 2.24 bits per heavy atom. The summed E-state index contributed by atoms with van der Waals surface area (Å²) < 4.78 is 51.7. The number of hydrogen-bond donors (Lipinski definition) is 2. The molecule has 0 radical (unpaired) electrons. The lowest BCUT2D eigenvalue weighted by Gasteiger charge is -2.12. The van der Waals surface area contributed by atoms with E-state index in [1.807, 2.05) is 0 Å². The monoisotopic (exact) mass is 470 g/mol. The van der Waals surface area contributed by atoms with Gasteiger partial charge in [0, 0.05) is 18.2 Å². The fraction of sp³-hybridized carbons (Fsp3) is 0.208. The normalized spacial score (nSPS) is 13.4. The highest BCUT2D eigenvalue weighted by molar-refractivity contribution is 7.89. The number of halogens is 1. The van der Waals surface area contributed by atoms with E-state index in [-0.39, 0.29) is 34.6 Å². The quantitative estimate of drug-likeness (QED) is 0.493. The van der Waals surface area contributed by atoms with Gasteiger partial charge in [0.15, 0.2) is 0 Å². The summed E-state index contributed by atoms with van der Waals surface area (Å²) in [6.07, 6.45) is 1.60. The Morgan fingerprint density at radius 1 is 1.00 bits per heavy atom. The number of carbonyl (C=O) groups is 1. The van der Waals surface area contributed by atoms with E-state index in [9.17, 15) is 17.6 Å². The van der Waals surface area contributed by atoms with Gasteiger partial charge in [-0.15, -0.1) is 0 Å². The SMILES string of the molecule is COc1ccc(C(=O)NCc2ccc(Oc3ccc(F)cc3)cc2)cc1S(=O)(=O)NC1CC1.